The normalized spacial score (nSPS) is 14.1. The van der Waals surface area contributed by atoms with Crippen molar-refractivity contribution >= 4 is 45.7 Å². The molecule has 1 heterocycles. The molecule has 0 radical (unpaired) electrons. The lowest BCUT2D eigenvalue weighted by Gasteiger charge is -2.22. The molecule has 0 N–H and O–H groups in total. The van der Waals surface area contributed by atoms with Gasteiger partial charge in [-0.2, -0.15) is 0 Å². The average molecular weight is 448 g/mol. The highest BCUT2D eigenvalue weighted by atomic mass is 35.5. The first-order valence-corrected chi connectivity index (χ1v) is 11.1. The molecule has 1 aromatic carbocycles. The first-order valence-electron chi connectivity index (χ1n) is 10.0. The fourth-order valence-electron chi connectivity index (χ4n) is 3.41. The summed E-state index contributed by atoms with van der Waals surface area (Å²) in [5, 5.41) is 0. The van der Waals surface area contributed by atoms with E-state index in [0.717, 1.165) is 59.8 Å². The molecule has 0 aliphatic heterocycles. The number of alkyl halides is 2. The van der Waals surface area contributed by atoms with Gasteiger partial charge in [-0.05, 0) is 49.3 Å². The second-order valence-electron chi connectivity index (χ2n) is 7.23. The molecule has 1 aliphatic carbocycles. The van der Waals surface area contributed by atoms with E-state index in [1.165, 1.54) is 0 Å². The van der Waals surface area contributed by atoms with Gasteiger partial charge in [0, 0.05) is 44.0 Å². The van der Waals surface area contributed by atoms with Gasteiger partial charge in [-0.15, -0.1) is 23.2 Å². The van der Waals surface area contributed by atoms with E-state index in [9.17, 15) is 4.79 Å². The second kappa shape index (κ2) is 10.7. The molecule has 0 spiro atoms. The molecule has 7 heteroatoms. The number of allylic oxidation sites excluding steroid dienone is 6. The van der Waals surface area contributed by atoms with E-state index in [4.69, 9.17) is 32.9 Å². The number of imidazole rings is 1. The highest BCUT2D eigenvalue weighted by Crippen LogP contribution is 2.25. The van der Waals surface area contributed by atoms with Crippen LogP contribution in [-0.2, 0) is 23.2 Å². The smallest absolute Gasteiger partial charge is 0.152 e. The monoisotopic (exact) mass is 447 g/mol. The molecule has 5 nitrogen and oxygen atoms in total. The van der Waals surface area contributed by atoms with Crippen LogP contribution in [0, 0.1) is 0 Å². The number of aromatic nitrogens is 2. The number of benzene rings is 1. The predicted octanol–water partition coefficient (Wildman–Crippen LogP) is 5.12. The van der Waals surface area contributed by atoms with Crippen LogP contribution in [0.3, 0.4) is 0 Å². The molecule has 0 amide bonds. The Hall–Kier alpha value is -2.24. The summed E-state index contributed by atoms with van der Waals surface area (Å²) in [4.78, 5) is 18.0. The Morgan fingerprint density at radius 2 is 2.00 bits per heavy atom. The SMILES string of the molecule is CC(=O)C=CC1=CC=C(OCc2nc3cc(N(CCCl)CCCl)ccc3n2C)CC1. The van der Waals surface area contributed by atoms with Crippen LogP contribution in [0.25, 0.3) is 11.0 Å². The van der Waals surface area contributed by atoms with Crippen LogP contribution in [0.4, 0.5) is 5.69 Å². The summed E-state index contributed by atoms with van der Waals surface area (Å²) in [5.74, 6) is 2.95. The molecule has 160 valence electrons. The third-order valence-electron chi connectivity index (χ3n) is 5.09. The summed E-state index contributed by atoms with van der Waals surface area (Å²) in [6.07, 6.45) is 9.12. The summed E-state index contributed by atoms with van der Waals surface area (Å²) < 4.78 is 8.07. The van der Waals surface area contributed by atoms with E-state index in [2.05, 4.69) is 27.7 Å². The Morgan fingerprint density at radius 1 is 1.23 bits per heavy atom. The van der Waals surface area contributed by atoms with Crippen molar-refractivity contribution < 1.29 is 9.53 Å². The molecule has 0 saturated carbocycles. The Balaban J connectivity index is 1.71. The number of carbonyl (C=O) groups excluding carboxylic acids is 1. The van der Waals surface area contributed by atoms with Gasteiger partial charge in [-0.3, -0.25) is 4.79 Å². The lowest BCUT2D eigenvalue weighted by Crippen LogP contribution is -2.27. The van der Waals surface area contributed by atoms with E-state index < -0.39 is 0 Å². The maximum atomic E-state index is 11.1. The molecule has 0 fully saturated rings. The minimum atomic E-state index is 0.0559. The third kappa shape index (κ3) is 5.67. The number of ether oxygens (including phenoxy) is 1. The molecule has 1 aliphatic rings. The fourth-order valence-corrected chi connectivity index (χ4v) is 3.82. The highest BCUT2D eigenvalue weighted by molar-refractivity contribution is 6.18. The van der Waals surface area contributed by atoms with Crippen LogP contribution < -0.4 is 4.90 Å². The van der Waals surface area contributed by atoms with Crippen LogP contribution in [0.2, 0.25) is 0 Å². The van der Waals surface area contributed by atoms with Crippen LogP contribution in [0.15, 0.2) is 53.8 Å². The van der Waals surface area contributed by atoms with Crippen molar-refractivity contribution in [1.82, 2.24) is 9.55 Å². The van der Waals surface area contributed by atoms with Crippen LogP contribution in [-0.4, -0.2) is 40.2 Å². The van der Waals surface area contributed by atoms with Gasteiger partial charge in [-0.25, -0.2) is 4.98 Å². The Morgan fingerprint density at radius 3 is 2.63 bits per heavy atom. The zero-order valence-electron chi connectivity index (χ0n) is 17.4. The Labute approximate surface area is 187 Å². The van der Waals surface area contributed by atoms with Gasteiger partial charge in [0.1, 0.15) is 12.4 Å². The van der Waals surface area contributed by atoms with Gasteiger partial charge in [0.25, 0.3) is 0 Å². The van der Waals surface area contributed by atoms with Gasteiger partial charge in [0.15, 0.2) is 5.78 Å². The van der Waals surface area contributed by atoms with Crippen LogP contribution in [0.1, 0.15) is 25.6 Å². The fraction of sp³-hybridized carbons (Fsp3) is 0.391. The lowest BCUT2D eigenvalue weighted by molar-refractivity contribution is -0.112. The van der Waals surface area contributed by atoms with Crippen LogP contribution in [0.5, 0.6) is 0 Å². The third-order valence-corrected chi connectivity index (χ3v) is 5.43. The molecular weight excluding hydrogens is 421 g/mol. The molecular formula is C23H27Cl2N3O2. The minimum Gasteiger partial charge on any atom is -0.490 e. The van der Waals surface area contributed by atoms with Crippen molar-refractivity contribution in [3.63, 3.8) is 0 Å². The van der Waals surface area contributed by atoms with Crippen molar-refractivity contribution in [3.05, 3.63) is 59.7 Å². The number of nitrogens with zero attached hydrogens (tertiary/aromatic N) is 3. The number of fused-ring (bicyclic) bond motifs is 1. The zero-order chi connectivity index (χ0) is 21.5. The van der Waals surface area contributed by atoms with E-state index >= 15 is 0 Å². The van der Waals surface area contributed by atoms with Crippen molar-refractivity contribution in [2.45, 2.75) is 26.4 Å². The van der Waals surface area contributed by atoms with E-state index in [1.54, 1.807) is 13.0 Å². The lowest BCUT2D eigenvalue weighted by atomic mass is 10.0. The molecule has 1 aromatic heterocycles. The van der Waals surface area contributed by atoms with E-state index in [0.29, 0.717) is 18.4 Å². The number of halogens is 2. The number of rotatable bonds is 10. The first kappa shape index (κ1) is 22.4. The van der Waals surface area contributed by atoms with Crippen molar-refractivity contribution in [1.29, 1.82) is 0 Å². The predicted molar refractivity (Wildman–Crippen MR) is 124 cm³/mol. The van der Waals surface area contributed by atoms with Gasteiger partial charge >= 0.3 is 0 Å². The van der Waals surface area contributed by atoms with E-state index in [-0.39, 0.29) is 5.78 Å². The molecule has 0 bridgehead atoms. The first-order chi connectivity index (χ1) is 14.5. The molecule has 30 heavy (non-hydrogen) atoms. The molecule has 3 rings (SSSR count). The summed E-state index contributed by atoms with van der Waals surface area (Å²) in [6.45, 7) is 3.45. The number of ketones is 1. The van der Waals surface area contributed by atoms with Crippen molar-refractivity contribution in [3.8, 4) is 0 Å². The minimum absolute atomic E-state index is 0.0559. The largest absolute Gasteiger partial charge is 0.490 e. The standard InChI is InChI=1S/C23H27Cl2N3O2/c1-17(29)3-4-18-5-8-20(9-6-18)30-16-23-26-21-15-19(7-10-22(21)27(23)2)28(13-11-24)14-12-25/h3-5,7-8,10,15H,6,9,11-14,16H2,1-2H3. The number of aryl methyl sites for hydroxylation is 1. The number of anilines is 1. The number of hydrogen-bond donors (Lipinski definition) is 0. The van der Waals surface area contributed by atoms with Gasteiger partial charge in [0.2, 0.25) is 0 Å². The molecule has 2 aromatic rings. The summed E-state index contributed by atoms with van der Waals surface area (Å²) in [5.41, 5.74) is 4.19. The maximum absolute atomic E-state index is 11.1. The average Bonchev–Trinajstić information content (AvgIpc) is 3.06. The van der Waals surface area contributed by atoms with Crippen molar-refractivity contribution in [2.75, 3.05) is 29.7 Å². The quantitative estimate of drug-likeness (QED) is 0.374. The Kier molecular flexibility index (Phi) is 8.00. The van der Waals surface area contributed by atoms with Crippen molar-refractivity contribution in [2.24, 2.45) is 7.05 Å². The number of carbonyl (C=O) groups is 1. The highest BCUT2D eigenvalue weighted by Gasteiger charge is 2.13. The molecule has 0 saturated heterocycles. The van der Waals surface area contributed by atoms with Crippen LogP contribution >= 0.6 is 23.2 Å². The number of hydrogen-bond acceptors (Lipinski definition) is 4. The summed E-state index contributed by atoms with van der Waals surface area (Å²) >= 11 is 11.9. The van der Waals surface area contributed by atoms with Gasteiger partial charge < -0.3 is 14.2 Å². The van der Waals surface area contributed by atoms with Gasteiger partial charge in [0.05, 0.1) is 16.8 Å². The molecule has 0 atom stereocenters. The second-order valence-corrected chi connectivity index (χ2v) is 7.99. The maximum Gasteiger partial charge on any atom is 0.152 e. The van der Waals surface area contributed by atoms with E-state index in [1.807, 2.05) is 25.3 Å². The topological polar surface area (TPSA) is 47.4 Å². The van der Waals surface area contributed by atoms with Gasteiger partial charge in [-0.1, -0.05) is 12.2 Å². The summed E-state index contributed by atoms with van der Waals surface area (Å²) in [6, 6.07) is 6.24. The molecule has 0 unspecified atom stereocenters. The summed E-state index contributed by atoms with van der Waals surface area (Å²) in [7, 11) is 2.00. The zero-order valence-corrected chi connectivity index (χ0v) is 18.9. The Bertz CT molecular complexity index is 986.